The monoisotopic (exact) mass is 1230 g/mol. The number of carbonyl (C=O) groups is 9. The molecule has 19 heteroatoms. The van der Waals surface area contributed by atoms with Gasteiger partial charge in [-0.2, -0.15) is 0 Å². The molecule has 3 aromatic carbocycles. The second-order valence-electron chi connectivity index (χ2n) is 26.6. The molecule has 0 unspecified atom stereocenters. The van der Waals surface area contributed by atoms with Crippen molar-refractivity contribution in [3.63, 3.8) is 0 Å². The number of ether oxygens (including phenoxy) is 1. The molecule has 6 rings (SSSR count). The Labute approximate surface area is 527 Å². The number of carbonyl (C=O) groups excluding carboxylic acids is 9. The Hall–Kier alpha value is -7.54. The van der Waals surface area contributed by atoms with E-state index in [1.165, 1.54) is 61.6 Å². The number of Topliss-reactive ketones (excluding diaryl/α,β-unsaturated/α-hetero) is 1. The maximum atomic E-state index is 15.8. The minimum absolute atomic E-state index is 0.0176. The van der Waals surface area contributed by atoms with E-state index < -0.39 is 137 Å². The molecule has 3 heterocycles. The zero-order chi connectivity index (χ0) is 65.9. The summed E-state index contributed by atoms with van der Waals surface area (Å²) in [7, 11) is 5.78. The molecule has 0 bridgehead atoms. The molecule has 2 aliphatic heterocycles. The van der Waals surface area contributed by atoms with E-state index >= 15 is 28.8 Å². The number of cyclic esters (lactones) is 1. The number of likely N-dealkylation sites (N-methyl/N-ethyl adjacent to an activating group) is 4. The molecule has 0 radical (unpaired) electrons. The molecule has 3 N–H and O–H groups in total. The van der Waals surface area contributed by atoms with Gasteiger partial charge < -0.3 is 45.0 Å². The summed E-state index contributed by atoms with van der Waals surface area (Å²) in [5, 5.41) is 18.8. The van der Waals surface area contributed by atoms with Crippen LogP contribution in [0.1, 0.15) is 133 Å². The van der Waals surface area contributed by atoms with Crippen molar-refractivity contribution in [3.8, 4) is 11.1 Å². The van der Waals surface area contributed by atoms with Gasteiger partial charge in [-0.3, -0.25) is 43.3 Å². The van der Waals surface area contributed by atoms with Gasteiger partial charge >= 0.3 is 5.97 Å². The number of hydrogen-bond donors (Lipinski definition) is 3. The number of aliphatic hydroxyl groups is 1. The van der Waals surface area contributed by atoms with Gasteiger partial charge in [0.05, 0.1) is 17.2 Å². The second kappa shape index (κ2) is 30.8. The molecule has 89 heavy (non-hydrogen) atoms. The quantitative estimate of drug-likeness (QED) is 0.103. The molecule has 0 saturated carbocycles. The van der Waals surface area contributed by atoms with Crippen LogP contribution in [0, 0.1) is 35.5 Å². The molecule has 1 aromatic heterocycles. The SMILES string of the molecule is CC[C@H](C)[C@@H]1NC(=O)[C@@H]2CCCN2C(=O)[C@H](Cc2cccc(-c3ccc4cccnc4c3)c2)N(C)C(=O)[C@H](Cc2ccccc2)NC(=O)[C@H](C(C)C)N(C)C(=O)[C@@H]([C@@H](C)CC)OC(=O)[C@H](C(C)(C)O)N(C)C(=O)[C@H](CC(C)C)CC(=O)[C@H](C(C)C)N(C)C1=O. The highest BCUT2D eigenvalue weighted by atomic mass is 16.6. The van der Waals surface area contributed by atoms with Crippen molar-refractivity contribution in [2.24, 2.45) is 35.5 Å². The van der Waals surface area contributed by atoms with Gasteiger partial charge in [-0.25, -0.2) is 4.79 Å². The molecule has 2 aliphatic rings. The number of rotatable bonds is 14. The Kier molecular flexibility index (Phi) is 24.4. The normalized spacial score (nSPS) is 25.0. The number of benzene rings is 3. The number of ketones is 1. The number of amides is 7. The average molecular weight is 1230 g/mol. The number of nitrogens with one attached hydrogen (secondary N) is 2. The van der Waals surface area contributed by atoms with E-state index in [2.05, 4.69) is 15.6 Å². The maximum Gasteiger partial charge on any atom is 0.332 e. The van der Waals surface area contributed by atoms with Crippen molar-refractivity contribution in [2.75, 3.05) is 34.7 Å². The highest BCUT2D eigenvalue weighted by molar-refractivity contribution is 5.99. The number of esters is 1. The lowest BCUT2D eigenvalue weighted by molar-refractivity contribution is -0.178. The van der Waals surface area contributed by atoms with Crippen molar-refractivity contribution in [2.45, 2.75) is 188 Å². The van der Waals surface area contributed by atoms with E-state index in [1.54, 1.807) is 59.9 Å². The molecule has 0 aliphatic carbocycles. The van der Waals surface area contributed by atoms with Gasteiger partial charge in [-0.1, -0.05) is 148 Å². The summed E-state index contributed by atoms with van der Waals surface area (Å²) in [5.74, 6) is -9.27. The lowest BCUT2D eigenvalue weighted by Crippen LogP contribution is -2.61. The minimum Gasteiger partial charge on any atom is -0.450 e. The molecular formula is C70H98N8O11. The summed E-state index contributed by atoms with van der Waals surface area (Å²) < 4.78 is 6.16. The molecule has 484 valence electrons. The molecule has 2 saturated heterocycles. The van der Waals surface area contributed by atoms with Crippen LogP contribution in [-0.4, -0.2) is 176 Å². The van der Waals surface area contributed by atoms with Gasteiger partial charge in [0.2, 0.25) is 35.4 Å². The lowest BCUT2D eigenvalue weighted by atomic mass is 9.85. The van der Waals surface area contributed by atoms with Crippen molar-refractivity contribution in [1.82, 2.24) is 40.1 Å². The van der Waals surface area contributed by atoms with Crippen LogP contribution in [0.2, 0.25) is 0 Å². The third-order valence-corrected chi connectivity index (χ3v) is 18.1. The van der Waals surface area contributed by atoms with Gasteiger partial charge in [-0.05, 0) is 97.6 Å². The predicted molar refractivity (Wildman–Crippen MR) is 343 cm³/mol. The molecule has 0 spiro atoms. The second-order valence-corrected chi connectivity index (χ2v) is 26.6. The van der Waals surface area contributed by atoms with E-state index in [-0.39, 0.29) is 44.6 Å². The van der Waals surface area contributed by atoms with Crippen LogP contribution in [0.5, 0.6) is 0 Å². The summed E-state index contributed by atoms with van der Waals surface area (Å²) in [6.07, 6.45) is 1.45. The highest BCUT2D eigenvalue weighted by Crippen LogP contribution is 2.31. The highest BCUT2D eigenvalue weighted by Gasteiger charge is 2.48. The van der Waals surface area contributed by atoms with Gasteiger partial charge in [0.1, 0.15) is 30.2 Å². The maximum absolute atomic E-state index is 15.8. The first-order valence-corrected chi connectivity index (χ1v) is 31.8. The van der Waals surface area contributed by atoms with Gasteiger partial charge in [-0.15, -0.1) is 0 Å². The van der Waals surface area contributed by atoms with Crippen molar-refractivity contribution >= 4 is 64.0 Å². The van der Waals surface area contributed by atoms with Crippen molar-refractivity contribution < 1.29 is 53.0 Å². The molecule has 19 nitrogen and oxygen atoms in total. The van der Waals surface area contributed by atoms with Crippen molar-refractivity contribution in [3.05, 3.63) is 102 Å². The number of nitrogens with zero attached hydrogens (tertiary/aromatic N) is 6. The molecule has 7 amide bonds. The van der Waals surface area contributed by atoms with E-state index in [1.807, 2.05) is 100 Å². The third-order valence-electron chi connectivity index (χ3n) is 18.1. The summed E-state index contributed by atoms with van der Waals surface area (Å²) in [4.78, 5) is 148. The fourth-order valence-corrected chi connectivity index (χ4v) is 12.9. The minimum atomic E-state index is -1.96. The predicted octanol–water partition coefficient (Wildman–Crippen LogP) is 7.68. The zero-order valence-electron chi connectivity index (χ0n) is 55.3. The topological polar surface area (TPSA) is 236 Å². The number of hydrogen-bond acceptors (Lipinski definition) is 12. The number of fused-ring (bicyclic) bond motifs is 2. The van der Waals surface area contributed by atoms with E-state index in [0.29, 0.717) is 30.4 Å². The first kappa shape index (κ1) is 70.5. The smallest absolute Gasteiger partial charge is 0.332 e. The lowest BCUT2D eigenvalue weighted by Gasteiger charge is -2.39. The van der Waals surface area contributed by atoms with Crippen LogP contribution >= 0.6 is 0 Å². The first-order valence-electron chi connectivity index (χ1n) is 31.8. The average Bonchev–Trinajstić information content (AvgIpc) is 2.39. The van der Waals surface area contributed by atoms with Gasteiger partial charge in [0.15, 0.2) is 17.9 Å². The fraction of sp³-hybridized carbons (Fsp3) is 0.571. The molecule has 4 aromatic rings. The van der Waals surface area contributed by atoms with Crippen molar-refractivity contribution in [1.29, 1.82) is 0 Å². The Morgan fingerprint density at radius 3 is 1.88 bits per heavy atom. The van der Waals surface area contributed by atoms with Crippen LogP contribution in [-0.2, 0) is 60.7 Å². The third kappa shape index (κ3) is 17.0. The van der Waals surface area contributed by atoms with Gasteiger partial charge in [0, 0.05) is 77.4 Å². The Morgan fingerprint density at radius 1 is 0.629 bits per heavy atom. The van der Waals surface area contributed by atoms with Crippen LogP contribution < -0.4 is 10.6 Å². The first-order chi connectivity index (χ1) is 41.9. The van der Waals surface area contributed by atoms with E-state index in [9.17, 15) is 19.5 Å². The summed E-state index contributed by atoms with van der Waals surface area (Å²) in [5.41, 5.74) is 1.92. The van der Waals surface area contributed by atoms with Crippen LogP contribution in [0.25, 0.3) is 22.0 Å². The Morgan fingerprint density at radius 2 is 1.26 bits per heavy atom. The molecule has 2 fully saturated rings. The van der Waals surface area contributed by atoms with E-state index in [0.717, 1.165) is 26.9 Å². The van der Waals surface area contributed by atoms with Crippen LogP contribution in [0.3, 0.4) is 0 Å². The largest absolute Gasteiger partial charge is 0.450 e. The molecular weight excluding hydrogens is 1130 g/mol. The number of pyridine rings is 1. The Balaban J connectivity index is 1.52. The Bertz CT molecular complexity index is 3160. The fourth-order valence-electron chi connectivity index (χ4n) is 12.9. The van der Waals surface area contributed by atoms with E-state index in [4.69, 9.17) is 4.74 Å². The zero-order valence-corrected chi connectivity index (χ0v) is 55.3. The summed E-state index contributed by atoms with van der Waals surface area (Å²) in [6.45, 7) is 20.9. The van der Waals surface area contributed by atoms with Gasteiger partial charge in [0.25, 0.3) is 5.91 Å². The summed E-state index contributed by atoms with van der Waals surface area (Å²) in [6, 6.07) is 17.7. The van der Waals surface area contributed by atoms with Crippen LogP contribution in [0.15, 0.2) is 91.1 Å². The number of aromatic nitrogens is 1. The standard InChI is InChI=1S/C70H98N8O11/c1-17-44(9)57-67(85)75(14)58(42(5)6)56(79)40-51(35-41(3)4)64(82)77(16)61(70(11,12)88)69(87)89-60(45(10)18-2)68(86)76(15)59(43(7)8)63(81)72-53(37-46-25-20-19-21-26-46)65(83)74(13)55(66(84)78-34-24-30-54(78)62(80)73-57)38-47-27-22-28-49(36-47)50-32-31-48-29-23-33-71-52(48)39-50/h19-23,25-29,31-33,36,39,41-45,51,53-55,57-61,88H,17-18,24,30,34-35,37-38,40H2,1-16H3,(H,72,81)(H,73,80)/t44-,45-,51+,53-,54-,55-,57-,58-,59-,60+,61+/m0/s1. The summed E-state index contributed by atoms with van der Waals surface area (Å²) >= 11 is 0. The molecule has 11 atom stereocenters. The van der Waals surface area contributed by atoms with Crippen LogP contribution in [0.4, 0.5) is 0 Å².